The summed E-state index contributed by atoms with van der Waals surface area (Å²) in [6.07, 6.45) is 3.28. The maximum Gasteiger partial charge on any atom is 0.111 e. The first-order valence-corrected chi connectivity index (χ1v) is 3.78. The summed E-state index contributed by atoms with van der Waals surface area (Å²) in [6, 6.07) is 3.51. The van der Waals surface area contributed by atoms with Crippen LogP contribution in [0.5, 0.6) is 0 Å². The number of aromatic nitrogens is 1. The van der Waals surface area contributed by atoms with Crippen molar-refractivity contribution >= 4 is 6.08 Å². The van der Waals surface area contributed by atoms with Crippen molar-refractivity contribution in [2.75, 3.05) is 0 Å². The molecule has 2 N–H and O–H groups in total. The van der Waals surface area contributed by atoms with E-state index in [4.69, 9.17) is 0 Å². The van der Waals surface area contributed by atoms with E-state index in [9.17, 15) is 10.2 Å². The predicted molar refractivity (Wildman–Crippen MR) is 44.2 cm³/mol. The maximum absolute atomic E-state index is 9.49. The molecule has 2 rings (SSSR count). The van der Waals surface area contributed by atoms with Crippen LogP contribution in [-0.2, 0) is 0 Å². The third-order valence-corrected chi connectivity index (χ3v) is 1.96. The molecule has 0 radical (unpaired) electrons. The Hall–Kier alpha value is -1.19. The number of nitrogens with zero attached hydrogens (tertiary/aromatic N) is 1. The summed E-state index contributed by atoms with van der Waals surface area (Å²) in [5.41, 5.74) is 1.42. The molecule has 0 saturated carbocycles. The average molecular weight is 163 g/mol. The van der Waals surface area contributed by atoms with Gasteiger partial charge in [-0.1, -0.05) is 12.1 Å². The van der Waals surface area contributed by atoms with Crippen LogP contribution in [0, 0.1) is 0 Å². The van der Waals surface area contributed by atoms with Crippen LogP contribution >= 0.6 is 0 Å². The minimum Gasteiger partial charge on any atom is -0.386 e. The molecule has 1 heterocycles. The number of aliphatic hydroxyl groups excluding tert-OH is 2. The van der Waals surface area contributed by atoms with E-state index in [1.807, 2.05) is 0 Å². The van der Waals surface area contributed by atoms with Gasteiger partial charge >= 0.3 is 0 Å². The lowest BCUT2D eigenvalue weighted by Crippen LogP contribution is -2.19. The van der Waals surface area contributed by atoms with Crippen molar-refractivity contribution in [2.24, 2.45) is 0 Å². The molecule has 12 heavy (non-hydrogen) atoms. The van der Waals surface area contributed by atoms with E-state index >= 15 is 0 Å². The van der Waals surface area contributed by atoms with Crippen molar-refractivity contribution in [3.05, 3.63) is 35.7 Å². The summed E-state index contributed by atoms with van der Waals surface area (Å²) in [4.78, 5) is 4.05. The molecule has 0 saturated heterocycles. The van der Waals surface area contributed by atoms with Gasteiger partial charge < -0.3 is 10.2 Å². The molecule has 3 nitrogen and oxygen atoms in total. The molecule has 3 heteroatoms. The maximum atomic E-state index is 9.49. The first kappa shape index (κ1) is 7.46. The number of hydrogen-bond acceptors (Lipinski definition) is 3. The van der Waals surface area contributed by atoms with Gasteiger partial charge in [-0.3, -0.25) is 4.98 Å². The minimum atomic E-state index is -0.835. The van der Waals surface area contributed by atoms with Gasteiger partial charge in [-0.15, -0.1) is 0 Å². The van der Waals surface area contributed by atoms with Crippen LogP contribution in [0.3, 0.4) is 0 Å². The summed E-state index contributed by atoms with van der Waals surface area (Å²) in [5, 5.41) is 18.7. The number of pyridine rings is 1. The molecule has 1 aliphatic carbocycles. The summed E-state index contributed by atoms with van der Waals surface area (Å²) in [7, 11) is 0. The average Bonchev–Trinajstić information content (AvgIpc) is 2.12. The second-order valence-electron chi connectivity index (χ2n) is 2.77. The van der Waals surface area contributed by atoms with E-state index in [0.717, 1.165) is 5.69 Å². The van der Waals surface area contributed by atoms with E-state index in [1.54, 1.807) is 30.5 Å². The highest BCUT2D eigenvalue weighted by molar-refractivity contribution is 5.54. The van der Waals surface area contributed by atoms with Crippen molar-refractivity contribution in [1.29, 1.82) is 0 Å². The van der Waals surface area contributed by atoms with Crippen LogP contribution in [-0.4, -0.2) is 21.3 Å². The Kier molecular flexibility index (Phi) is 1.67. The summed E-state index contributed by atoms with van der Waals surface area (Å²) >= 11 is 0. The Labute approximate surface area is 70.0 Å². The van der Waals surface area contributed by atoms with E-state index in [2.05, 4.69) is 4.98 Å². The second-order valence-corrected chi connectivity index (χ2v) is 2.77. The second kappa shape index (κ2) is 2.69. The van der Waals surface area contributed by atoms with Crippen LogP contribution < -0.4 is 0 Å². The zero-order valence-electron chi connectivity index (χ0n) is 6.38. The van der Waals surface area contributed by atoms with Crippen LogP contribution in [0.15, 0.2) is 24.4 Å². The van der Waals surface area contributed by atoms with Crippen molar-refractivity contribution in [3.8, 4) is 0 Å². The first-order chi connectivity index (χ1) is 5.79. The third-order valence-electron chi connectivity index (χ3n) is 1.96. The molecule has 2 atom stereocenters. The molecule has 0 unspecified atom stereocenters. The van der Waals surface area contributed by atoms with Gasteiger partial charge in [0.05, 0.1) is 5.69 Å². The fourth-order valence-corrected chi connectivity index (χ4v) is 1.30. The largest absolute Gasteiger partial charge is 0.386 e. The highest BCUT2D eigenvalue weighted by Gasteiger charge is 2.21. The molecular formula is C9H9NO2. The van der Waals surface area contributed by atoms with Crippen molar-refractivity contribution in [2.45, 2.75) is 12.2 Å². The Morgan fingerprint density at radius 2 is 2.17 bits per heavy atom. The zero-order chi connectivity index (χ0) is 8.55. The molecular weight excluding hydrogens is 154 g/mol. The SMILES string of the molecule is O[C@@H]1C=Cc2ncccc2[C@@H]1O. The number of rotatable bonds is 0. The van der Waals surface area contributed by atoms with E-state index in [0.29, 0.717) is 5.56 Å². The van der Waals surface area contributed by atoms with E-state index in [-0.39, 0.29) is 0 Å². The monoisotopic (exact) mass is 163 g/mol. The molecule has 0 fully saturated rings. The highest BCUT2D eigenvalue weighted by Crippen LogP contribution is 2.25. The summed E-state index contributed by atoms with van der Waals surface area (Å²) in [6.45, 7) is 0. The van der Waals surface area contributed by atoms with Crippen molar-refractivity contribution < 1.29 is 10.2 Å². The summed E-state index contributed by atoms with van der Waals surface area (Å²) < 4.78 is 0. The quantitative estimate of drug-likeness (QED) is 0.585. The predicted octanol–water partition coefficient (Wildman–Crippen LogP) is 0.503. The van der Waals surface area contributed by atoms with Crippen molar-refractivity contribution in [1.82, 2.24) is 4.98 Å². The molecule has 0 spiro atoms. The van der Waals surface area contributed by atoms with Gasteiger partial charge in [0.25, 0.3) is 0 Å². The minimum absolute atomic E-state index is 0.688. The smallest absolute Gasteiger partial charge is 0.111 e. The Morgan fingerprint density at radius 1 is 1.33 bits per heavy atom. The molecule has 0 aromatic carbocycles. The highest BCUT2D eigenvalue weighted by atomic mass is 16.3. The van der Waals surface area contributed by atoms with E-state index in [1.165, 1.54) is 0 Å². The van der Waals surface area contributed by atoms with Crippen LogP contribution in [0.1, 0.15) is 17.4 Å². The van der Waals surface area contributed by atoms with E-state index < -0.39 is 12.2 Å². The zero-order valence-corrected chi connectivity index (χ0v) is 6.38. The number of fused-ring (bicyclic) bond motifs is 1. The summed E-state index contributed by atoms with van der Waals surface area (Å²) in [5.74, 6) is 0. The van der Waals surface area contributed by atoms with Gasteiger partial charge in [0.15, 0.2) is 0 Å². The lowest BCUT2D eigenvalue weighted by atomic mass is 9.97. The standard InChI is InChI=1S/C9H9NO2/c11-8-4-3-7-6(9(8)12)2-1-5-10-7/h1-5,8-9,11-12H/t8-,9+/m1/s1. The van der Waals surface area contributed by atoms with Gasteiger partial charge in [0.2, 0.25) is 0 Å². The third kappa shape index (κ3) is 1.03. The molecule has 0 amide bonds. The molecule has 1 aromatic heterocycles. The van der Waals surface area contributed by atoms with Crippen LogP contribution in [0.2, 0.25) is 0 Å². The molecule has 1 aliphatic rings. The topological polar surface area (TPSA) is 53.4 Å². The van der Waals surface area contributed by atoms with Crippen LogP contribution in [0.4, 0.5) is 0 Å². The Balaban J connectivity index is 2.52. The molecule has 0 aliphatic heterocycles. The fraction of sp³-hybridized carbons (Fsp3) is 0.222. The van der Waals surface area contributed by atoms with Gasteiger partial charge in [-0.2, -0.15) is 0 Å². The normalized spacial score (nSPS) is 26.8. The van der Waals surface area contributed by atoms with Crippen LogP contribution in [0.25, 0.3) is 6.08 Å². The number of aliphatic hydroxyl groups is 2. The molecule has 62 valence electrons. The van der Waals surface area contributed by atoms with Gasteiger partial charge in [0.1, 0.15) is 12.2 Å². The van der Waals surface area contributed by atoms with Gasteiger partial charge in [-0.25, -0.2) is 0 Å². The fourth-order valence-electron chi connectivity index (χ4n) is 1.30. The van der Waals surface area contributed by atoms with Crippen molar-refractivity contribution in [3.63, 3.8) is 0 Å². The number of hydrogen-bond donors (Lipinski definition) is 2. The lowest BCUT2D eigenvalue weighted by molar-refractivity contribution is 0.0467. The Bertz CT molecular complexity index is 322. The van der Waals surface area contributed by atoms with Gasteiger partial charge in [-0.05, 0) is 12.1 Å². The molecule has 1 aromatic rings. The van der Waals surface area contributed by atoms with Gasteiger partial charge in [0, 0.05) is 11.8 Å². The lowest BCUT2D eigenvalue weighted by Gasteiger charge is -2.20. The Morgan fingerprint density at radius 3 is 3.00 bits per heavy atom. The molecule has 0 bridgehead atoms. The first-order valence-electron chi connectivity index (χ1n) is 3.78.